The summed E-state index contributed by atoms with van der Waals surface area (Å²) in [6.07, 6.45) is 4.73. The lowest BCUT2D eigenvalue weighted by Gasteiger charge is -2.22. The second-order valence-electron chi connectivity index (χ2n) is 7.55. The summed E-state index contributed by atoms with van der Waals surface area (Å²) in [6, 6.07) is 18.6. The van der Waals surface area contributed by atoms with E-state index in [4.69, 9.17) is 16.3 Å². The largest absolute Gasteiger partial charge is 0.437 e. The molecule has 0 atom stereocenters. The van der Waals surface area contributed by atoms with Crippen LogP contribution in [-0.2, 0) is 10.2 Å². The Balaban J connectivity index is 1.80. The van der Waals surface area contributed by atoms with Crippen molar-refractivity contribution < 1.29 is 9.53 Å². The highest BCUT2D eigenvalue weighted by Gasteiger charge is 2.20. The number of halogens is 1. The molecule has 29 heavy (non-hydrogen) atoms. The molecule has 4 nitrogen and oxygen atoms in total. The minimum Gasteiger partial charge on any atom is -0.437 e. The van der Waals surface area contributed by atoms with Gasteiger partial charge in [-0.05, 0) is 41.3 Å². The fourth-order valence-corrected chi connectivity index (χ4v) is 3.00. The molecule has 1 heterocycles. The third-order valence-corrected chi connectivity index (χ3v) is 4.59. The maximum Gasteiger partial charge on any atom is 0.248 e. The number of carbonyl (C=O) groups excluding carboxylic acids is 1. The number of pyridine rings is 1. The summed E-state index contributed by atoms with van der Waals surface area (Å²) >= 11 is 6.12. The number of para-hydroxylation sites is 1. The van der Waals surface area contributed by atoms with Crippen LogP contribution >= 0.6 is 11.6 Å². The monoisotopic (exact) mass is 406 g/mol. The van der Waals surface area contributed by atoms with Crippen molar-refractivity contribution in [3.05, 3.63) is 89.1 Å². The second kappa shape index (κ2) is 8.93. The average molecular weight is 407 g/mol. The van der Waals surface area contributed by atoms with Crippen LogP contribution in [0, 0.1) is 0 Å². The first-order chi connectivity index (χ1) is 13.8. The Morgan fingerprint density at radius 1 is 1.03 bits per heavy atom. The van der Waals surface area contributed by atoms with Gasteiger partial charge < -0.3 is 10.1 Å². The highest BCUT2D eigenvalue weighted by molar-refractivity contribution is 6.32. The van der Waals surface area contributed by atoms with Crippen LogP contribution in [0.15, 0.2) is 72.9 Å². The van der Waals surface area contributed by atoms with Crippen molar-refractivity contribution in [2.24, 2.45) is 0 Å². The second-order valence-corrected chi connectivity index (χ2v) is 7.96. The number of nitrogens with zero attached hydrogens (tertiary/aromatic N) is 1. The van der Waals surface area contributed by atoms with E-state index in [-0.39, 0.29) is 11.3 Å². The van der Waals surface area contributed by atoms with Crippen molar-refractivity contribution in [2.75, 3.05) is 5.32 Å². The molecule has 0 unspecified atom stereocenters. The van der Waals surface area contributed by atoms with Gasteiger partial charge >= 0.3 is 0 Å². The average Bonchev–Trinajstić information content (AvgIpc) is 2.68. The number of hydrogen-bond donors (Lipinski definition) is 1. The van der Waals surface area contributed by atoms with E-state index in [0.29, 0.717) is 22.3 Å². The van der Waals surface area contributed by atoms with Gasteiger partial charge in [0.25, 0.3) is 0 Å². The molecule has 0 fully saturated rings. The molecular formula is C24H23ClN2O2. The zero-order valence-electron chi connectivity index (χ0n) is 16.6. The standard InChI is InChI=1S/C24H23ClN2O2/c1-24(2,3)18-10-5-7-13-21(18)29-23-20(12-8-16-26-23)27-22(28)15-14-17-9-4-6-11-19(17)25/h4-16H,1-3H3,(H,27,28). The summed E-state index contributed by atoms with van der Waals surface area (Å²) in [4.78, 5) is 16.7. The van der Waals surface area contributed by atoms with Crippen molar-refractivity contribution in [3.8, 4) is 11.6 Å². The molecule has 148 valence electrons. The number of hydrogen-bond acceptors (Lipinski definition) is 3. The number of aromatic nitrogens is 1. The lowest BCUT2D eigenvalue weighted by Crippen LogP contribution is -2.13. The SMILES string of the molecule is CC(C)(C)c1ccccc1Oc1ncccc1NC(=O)C=Cc1ccccc1Cl. The van der Waals surface area contributed by atoms with Crippen molar-refractivity contribution in [2.45, 2.75) is 26.2 Å². The van der Waals surface area contributed by atoms with Gasteiger partial charge in [-0.3, -0.25) is 4.79 Å². The van der Waals surface area contributed by atoms with E-state index in [9.17, 15) is 4.79 Å². The Kier molecular flexibility index (Phi) is 6.35. The van der Waals surface area contributed by atoms with Crippen molar-refractivity contribution in [1.82, 2.24) is 4.98 Å². The molecule has 5 heteroatoms. The maximum absolute atomic E-state index is 12.4. The van der Waals surface area contributed by atoms with Gasteiger partial charge in [0.05, 0.1) is 0 Å². The zero-order valence-corrected chi connectivity index (χ0v) is 17.4. The van der Waals surface area contributed by atoms with Crippen molar-refractivity contribution in [3.63, 3.8) is 0 Å². The minimum absolute atomic E-state index is 0.0908. The molecule has 0 aliphatic carbocycles. The number of carbonyl (C=O) groups is 1. The van der Waals surface area contributed by atoms with E-state index in [1.165, 1.54) is 6.08 Å². The quantitative estimate of drug-likeness (QED) is 0.493. The summed E-state index contributed by atoms with van der Waals surface area (Å²) < 4.78 is 6.08. The first-order valence-corrected chi connectivity index (χ1v) is 9.68. The third kappa shape index (κ3) is 5.46. The number of nitrogens with one attached hydrogen (secondary N) is 1. The summed E-state index contributed by atoms with van der Waals surface area (Å²) in [7, 11) is 0. The predicted molar refractivity (Wildman–Crippen MR) is 119 cm³/mol. The molecule has 0 spiro atoms. The van der Waals surface area contributed by atoms with Crippen molar-refractivity contribution in [1.29, 1.82) is 0 Å². The fourth-order valence-electron chi connectivity index (χ4n) is 2.80. The van der Waals surface area contributed by atoms with Crippen LogP contribution in [0.2, 0.25) is 5.02 Å². The number of rotatable bonds is 5. The number of anilines is 1. The number of ether oxygens (including phenoxy) is 1. The Bertz CT molecular complexity index is 1040. The van der Waals surface area contributed by atoms with Crippen LogP contribution in [-0.4, -0.2) is 10.9 Å². The Morgan fingerprint density at radius 2 is 1.76 bits per heavy atom. The Morgan fingerprint density at radius 3 is 2.52 bits per heavy atom. The van der Waals surface area contributed by atoms with Crippen LogP contribution in [0.3, 0.4) is 0 Å². The molecule has 3 rings (SSSR count). The molecule has 0 saturated heterocycles. The maximum atomic E-state index is 12.4. The van der Waals surface area contributed by atoms with E-state index in [1.807, 2.05) is 42.5 Å². The lowest BCUT2D eigenvalue weighted by atomic mass is 9.86. The highest BCUT2D eigenvalue weighted by Crippen LogP contribution is 2.35. The van der Waals surface area contributed by atoms with Crippen LogP contribution < -0.4 is 10.1 Å². The highest BCUT2D eigenvalue weighted by atomic mass is 35.5. The molecule has 0 bridgehead atoms. The van der Waals surface area contributed by atoms with E-state index in [1.54, 1.807) is 30.5 Å². The number of benzene rings is 2. The van der Waals surface area contributed by atoms with Gasteiger partial charge in [-0.25, -0.2) is 4.98 Å². The van der Waals surface area contributed by atoms with Gasteiger partial charge in [0.15, 0.2) is 0 Å². The molecule has 1 aromatic heterocycles. The normalized spacial score (nSPS) is 11.4. The lowest BCUT2D eigenvalue weighted by molar-refractivity contribution is -0.111. The first-order valence-electron chi connectivity index (χ1n) is 9.30. The van der Waals surface area contributed by atoms with Gasteiger partial charge in [0, 0.05) is 22.9 Å². The summed E-state index contributed by atoms with van der Waals surface area (Å²) in [5, 5.41) is 3.41. The number of amides is 1. The zero-order chi connectivity index (χ0) is 20.9. The summed E-state index contributed by atoms with van der Waals surface area (Å²) in [5.74, 6) is 0.747. The molecule has 1 amide bonds. The van der Waals surface area contributed by atoms with Gasteiger partial charge in [-0.2, -0.15) is 0 Å². The molecule has 0 aliphatic heterocycles. The van der Waals surface area contributed by atoms with Crippen LogP contribution in [0.1, 0.15) is 31.9 Å². The van der Waals surface area contributed by atoms with Crippen molar-refractivity contribution >= 4 is 29.3 Å². The third-order valence-electron chi connectivity index (χ3n) is 4.25. The molecule has 2 aromatic carbocycles. The van der Waals surface area contributed by atoms with E-state index in [2.05, 4.69) is 31.1 Å². The van der Waals surface area contributed by atoms with E-state index in [0.717, 1.165) is 11.1 Å². The van der Waals surface area contributed by atoms with Gasteiger partial charge in [0.2, 0.25) is 11.8 Å². The summed E-state index contributed by atoms with van der Waals surface area (Å²) in [5.41, 5.74) is 2.23. The molecule has 0 aliphatic rings. The van der Waals surface area contributed by atoms with Crippen LogP contribution in [0.4, 0.5) is 5.69 Å². The molecule has 0 saturated carbocycles. The molecular weight excluding hydrogens is 384 g/mol. The fraction of sp³-hybridized carbons (Fsp3) is 0.167. The van der Waals surface area contributed by atoms with Crippen LogP contribution in [0.25, 0.3) is 6.08 Å². The first kappa shape index (κ1) is 20.6. The van der Waals surface area contributed by atoms with Gasteiger partial charge in [-0.1, -0.05) is 68.8 Å². The van der Waals surface area contributed by atoms with Crippen LogP contribution in [0.5, 0.6) is 11.6 Å². The van der Waals surface area contributed by atoms with E-state index >= 15 is 0 Å². The minimum atomic E-state index is -0.299. The topological polar surface area (TPSA) is 51.2 Å². The Hall–Kier alpha value is -3.11. The molecule has 1 N–H and O–H groups in total. The summed E-state index contributed by atoms with van der Waals surface area (Å²) in [6.45, 7) is 6.36. The molecule has 3 aromatic rings. The smallest absolute Gasteiger partial charge is 0.248 e. The Labute approximate surface area is 176 Å². The predicted octanol–water partition coefficient (Wildman–Crippen LogP) is 6.48. The van der Waals surface area contributed by atoms with Gasteiger partial charge in [-0.15, -0.1) is 0 Å². The molecule has 0 radical (unpaired) electrons. The van der Waals surface area contributed by atoms with E-state index < -0.39 is 0 Å². The van der Waals surface area contributed by atoms with Gasteiger partial charge in [0.1, 0.15) is 11.4 Å².